The smallest absolute Gasteiger partial charge is 0.257 e. The van der Waals surface area contributed by atoms with Crippen LogP contribution >= 0.6 is 34.8 Å². The third-order valence-corrected chi connectivity index (χ3v) is 5.21. The molecule has 7 heteroatoms. The number of benzene rings is 3. The standard InChI is InChI=1S/C20H12Cl3N3O/c21-14-9-8-11(24-20(27)12-4-3-5-15(22)18(12)23)10-13(14)19-25-16-6-1-2-7-17(16)26-19/h1-10H,(H,24,27)(H,25,26). The molecule has 0 aliphatic carbocycles. The molecule has 4 nitrogen and oxygen atoms in total. The Morgan fingerprint density at radius 2 is 1.74 bits per heavy atom. The van der Waals surface area contributed by atoms with Crippen LogP contribution in [0.2, 0.25) is 15.1 Å². The molecule has 4 rings (SSSR count). The monoisotopic (exact) mass is 415 g/mol. The van der Waals surface area contributed by atoms with Crippen LogP contribution in [-0.2, 0) is 0 Å². The van der Waals surface area contributed by atoms with Crippen molar-refractivity contribution in [1.82, 2.24) is 9.97 Å². The first-order valence-corrected chi connectivity index (χ1v) is 9.16. The van der Waals surface area contributed by atoms with Crippen LogP contribution in [0.4, 0.5) is 5.69 Å². The average molecular weight is 417 g/mol. The van der Waals surface area contributed by atoms with E-state index in [0.29, 0.717) is 32.7 Å². The molecule has 0 atom stereocenters. The zero-order valence-corrected chi connectivity index (χ0v) is 16.0. The molecule has 0 spiro atoms. The molecule has 3 aromatic carbocycles. The zero-order chi connectivity index (χ0) is 19.0. The first kappa shape index (κ1) is 17.9. The van der Waals surface area contributed by atoms with E-state index in [0.717, 1.165) is 11.0 Å². The molecule has 4 aromatic rings. The van der Waals surface area contributed by atoms with Gasteiger partial charge in [-0.25, -0.2) is 4.98 Å². The number of H-pyrrole nitrogens is 1. The van der Waals surface area contributed by atoms with Crippen LogP contribution in [0.25, 0.3) is 22.4 Å². The Labute approximate surface area is 170 Å². The van der Waals surface area contributed by atoms with Gasteiger partial charge in [0.05, 0.1) is 31.7 Å². The minimum absolute atomic E-state index is 0.211. The second kappa shape index (κ2) is 7.24. The van der Waals surface area contributed by atoms with Crippen LogP contribution in [0.15, 0.2) is 60.7 Å². The number of carbonyl (C=O) groups is 1. The van der Waals surface area contributed by atoms with E-state index in [1.54, 1.807) is 36.4 Å². The molecule has 2 N–H and O–H groups in total. The lowest BCUT2D eigenvalue weighted by molar-refractivity contribution is 0.102. The maximum atomic E-state index is 12.6. The Balaban J connectivity index is 1.68. The Morgan fingerprint density at radius 3 is 2.56 bits per heavy atom. The van der Waals surface area contributed by atoms with Gasteiger partial charge >= 0.3 is 0 Å². The lowest BCUT2D eigenvalue weighted by Gasteiger charge is -2.09. The predicted octanol–water partition coefficient (Wildman–Crippen LogP) is 6.44. The molecule has 0 unspecified atom stereocenters. The Morgan fingerprint density at radius 1 is 0.926 bits per heavy atom. The molecule has 1 heterocycles. The van der Waals surface area contributed by atoms with Crippen molar-refractivity contribution in [1.29, 1.82) is 0 Å². The maximum absolute atomic E-state index is 12.6. The summed E-state index contributed by atoms with van der Waals surface area (Å²) in [4.78, 5) is 20.3. The van der Waals surface area contributed by atoms with Crippen LogP contribution in [0.3, 0.4) is 0 Å². The van der Waals surface area contributed by atoms with Crippen LogP contribution in [0.5, 0.6) is 0 Å². The van der Waals surface area contributed by atoms with Crippen molar-refractivity contribution in [2.75, 3.05) is 5.32 Å². The number of anilines is 1. The summed E-state index contributed by atoms with van der Waals surface area (Å²) in [7, 11) is 0. The predicted molar refractivity (Wildman–Crippen MR) is 111 cm³/mol. The molecule has 0 bridgehead atoms. The summed E-state index contributed by atoms with van der Waals surface area (Å²) in [5.74, 6) is 0.262. The Kier molecular flexibility index (Phi) is 4.79. The fourth-order valence-corrected chi connectivity index (χ4v) is 3.34. The van der Waals surface area contributed by atoms with Gasteiger partial charge in [-0.1, -0.05) is 53.0 Å². The second-order valence-corrected chi connectivity index (χ2v) is 7.05. The van der Waals surface area contributed by atoms with Gasteiger partial charge in [-0.15, -0.1) is 0 Å². The normalized spacial score (nSPS) is 10.9. The number of fused-ring (bicyclic) bond motifs is 1. The van der Waals surface area contributed by atoms with E-state index in [1.807, 2.05) is 24.3 Å². The highest BCUT2D eigenvalue weighted by Gasteiger charge is 2.15. The molecule has 27 heavy (non-hydrogen) atoms. The highest BCUT2D eigenvalue weighted by molar-refractivity contribution is 6.44. The number of hydrogen-bond donors (Lipinski definition) is 2. The number of amides is 1. The highest BCUT2D eigenvalue weighted by Crippen LogP contribution is 2.31. The molecule has 0 saturated heterocycles. The summed E-state index contributed by atoms with van der Waals surface area (Å²) >= 11 is 18.5. The molecule has 0 saturated carbocycles. The molecule has 0 fully saturated rings. The van der Waals surface area contributed by atoms with Crippen molar-refractivity contribution < 1.29 is 4.79 Å². The first-order chi connectivity index (χ1) is 13.0. The zero-order valence-electron chi connectivity index (χ0n) is 13.8. The quantitative estimate of drug-likeness (QED) is 0.403. The van der Waals surface area contributed by atoms with Crippen molar-refractivity contribution in [3.8, 4) is 11.4 Å². The second-order valence-electron chi connectivity index (χ2n) is 5.85. The SMILES string of the molecule is O=C(Nc1ccc(Cl)c(-c2nc3ccccc3[nH]2)c1)c1cccc(Cl)c1Cl. The van der Waals surface area contributed by atoms with Gasteiger partial charge in [0.1, 0.15) is 5.82 Å². The van der Waals surface area contributed by atoms with Crippen molar-refractivity contribution in [2.24, 2.45) is 0 Å². The molecule has 134 valence electrons. The average Bonchev–Trinajstić information content (AvgIpc) is 3.09. The van der Waals surface area contributed by atoms with Crippen molar-refractivity contribution >= 4 is 57.4 Å². The fourth-order valence-electron chi connectivity index (χ4n) is 2.74. The molecular weight excluding hydrogens is 405 g/mol. The number of para-hydroxylation sites is 2. The van der Waals surface area contributed by atoms with Gasteiger partial charge < -0.3 is 10.3 Å². The van der Waals surface area contributed by atoms with Gasteiger partial charge in [-0.2, -0.15) is 0 Å². The third-order valence-electron chi connectivity index (χ3n) is 4.06. The van der Waals surface area contributed by atoms with Gasteiger partial charge in [-0.05, 0) is 42.5 Å². The minimum atomic E-state index is -0.361. The number of nitrogens with one attached hydrogen (secondary N) is 2. The summed E-state index contributed by atoms with van der Waals surface area (Å²) < 4.78 is 0. The molecule has 0 aliphatic rings. The summed E-state index contributed by atoms with van der Waals surface area (Å²) in [6.07, 6.45) is 0. The number of imidazole rings is 1. The molecular formula is C20H12Cl3N3O. The number of halogens is 3. The number of aromatic nitrogens is 2. The first-order valence-electron chi connectivity index (χ1n) is 8.03. The van der Waals surface area contributed by atoms with Crippen molar-refractivity contribution in [2.45, 2.75) is 0 Å². The topological polar surface area (TPSA) is 57.8 Å². The van der Waals surface area contributed by atoms with Crippen LogP contribution in [0.1, 0.15) is 10.4 Å². The Hall–Kier alpha value is -2.53. The maximum Gasteiger partial charge on any atom is 0.257 e. The molecule has 1 amide bonds. The van der Waals surface area contributed by atoms with E-state index in [4.69, 9.17) is 34.8 Å². The van der Waals surface area contributed by atoms with Gasteiger partial charge in [-0.3, -0.25) is 4.79 Å². The lowest BCUT2D eigenvalue weighted by atomic mass is 10.1. The van der Waals surface area contributed by atoms with Gasteiger partial charge in [0.15, 0.2) is 0 Å². The van der Waals surface area contributed by atoms with Gasteiger partial charge in [0.2, 0.25) is 0 Å². The van der Waals surface area contributed by atoms with Gasteiger partial charge in [0, 0.05) is 11.3 Å². The number of nitrogens with zero attached hydrogens (tertiary/aromatic N) is 1. The number of hydrogen-bond acceptors (Lipinski definition) is 2. The van der Waals surface area contributed by atoms with E-state index >= 15 is 0 Å². The lowest BCUT2D eigenvalue weighted by Crippen LogP contribution is -2.12. The molecule has 0 radical (unpaired) electrons. The van der Waals surface area contributed by atoms with Crippen LogP contribution < -0.4 is 5.32 Å². The Bertz CT molecular complexity index is 1140. The summed E-state index contributed by atoms with van der Waals surface area (Å²) in [5, 5.41) is 3.87. The summed E-state index contributed by atoms with van der Waals surface area (Å²) in [6.45, 7) is 0. The van der Waals surface area contributed by atoms with E-state index in [-0.39, 0.29) is 10.9 Å². The highest BCUT2D eigenvalue weighted by atomic mass is 35.5. The van der Waals surface area contributed by atoms with E-state index < -0.39 is 0 Å². The van der Waals surface area contributed by atoms with E-state index in [1.165, 1.54) is 0 Å². The van der Waals surface area contributed by atoms with Crippen molar-refractivity contribution in [3.63, 3.8) is 0 Å². The van der Waals surface area contributed by atoms with E-state index in [2.05, 4.69) is 15.3 Å². The summed E-state index contributed by atoms with van der Waals surface area (Å²) in [5.41, 5.74) is 3.29. The van der Waals surface area contributed by atoms with Crippen LogP contribution in [-0.4, -0.2) is 15.9 Å². The molecule has 1 aromatic heterocycles. The minimum Gasteiger partial charge on any atom is -0.338 e. The number of aromatic amines is 1. The molecule has 0 aliphatic heterocycles. The summed E-state index contributed by atoms with van der Waals surface area (Å²) in [6, 6.07) is 17.8. The van der Waals surface area contributed by atoms with Crippen molar-refractivity contribution in [3.05, 3.63) is 81.3 Å². The number of rotatable bonds is 3. The largest absolute Gasteiger partial charge is 0.338 e. The van der Waals surface area contributed by atoms with Crippen LogP contribution in [0, 0.1) is 0 Å². The van der Waals surface area contributed by atoms with E-state index in [9.17, 15) is 4.79 Å². The third kappa shape index (κ3) is 3.52. The number of carbonyl (C=O) groups excluding carboxylic acids is 1. The fraction of sp³-hybridized carbons (Fsp3) is 0. The van der Waals surface area contributed by atoms with Gasteiger partial charge in [0.25, 0.3) is 5.91 Å².